The molecule has 0 aliphatic rings. The van der Waals surface area contributed by atoms with Gasteiger partial charge < -0.3 is 18.9 Å². The summed E-state index contributed by atoms with van der Waals surface area (Å²) in [5.74, 6) is 0.476. The van der Waals surface area contributed by atoms with Crippen molar-refractivity contribution in [2.75, 3.05) is 0 Å². The molecule has 174 valence electrons. The second-order valence-corrected chi connectivity index (χ2v) is 8.37. The molecule has 1 N–H and O–H groups in total. The monoisotopic (exact) mass is 458 g/mol. The molecule has 2 heterocycles. The zero-order valence-corrected chi connectivity index (χ0v) is 19.4. The highest BCUT2D eigenvalue weighted by atomic mass is 16.5. The van der Waals surface area contributed by atoms with E-state index >= 15 is 0 Å². The first-order chi connectivity index (χ1) is 16.4. The maximum Gasteiger partial charge on any atom is 0.303 e. The fourth-order valence-corrected chi connectivity index (χ4v) is 4.09. The first-order valence-corrected chi connectivity index (χ1v) is 11.3. The van der Waals surface area contributed by atoms with Crippen LogP contribution in [0.25, 0.3) is 33.7 Å². The molecule has 0 spiro atoms. The Kier molecular flexibility index (Phi) is 6.64. The van der Waals surface area contributed by atoms with Crippen LogP contribution in [0.15, 0.2) is 53.2 Å². The van der Waals surface area contributed by atoms with Crippen molar-refractivity contribution in [3.05, 3.63) is 54.2 Å². The molecular formula is C26H26N4O4. The summed E-state index contributed by atoms with van der Waals surface area (Å²) in [6, 6.07) is 15.3. The van der Waals surface area contributed by atoms with Crippen molar-refractivity contribution < 1.29 is 19.2 Å². The molecule has 2 aromatic heterocycles. The average Bonchev–Trinajstić information content (AvgIpc) is 3.47. The summed E-state index contributed by atoms with van der Waals surface area (Å²) < 4.78 is 13.3. The summed E-state index contributed by atoms with van der Waals surface area (Å²) in [5.41, 5.74) is 2.84. The highest BCUT2D eigenvalue weighted by Crippen LogP contribution is 2.33. The van der Waals surface area contributed by atoms with Crippen LogP contribution in [0, 0.1) is 11.3 Å². The van der Waals surface area contributed by atoms with E-state index < -0.39 is 5.97 Å². The Balaban J connectivity index is 1.67. The number of ether oxygens (including phenoxy) is 1. The van der Waals surface area contributed by atoms with Gasteiger partial charge in [0.25, 0.3) is 5.89 Å². The van der Waals surface area contributed by atoms with Gasteiger partial charge in [-0.25, -0.2) is 0 Å². The van der Waals surface area contributed by atoms with Crippen molar-refractivity contribution in [3.8, 4) is 34.7 Å². The van der Waals surface area contributed by atoms with Gasteiger partial charge in [0.1, 0.15) is 11.8 Å². The predicted octanol–water partition coefficient (Wildman–Crippen LogP) is 5.83. The van der Waals surface area contributed by atoms with Crippen molar-refractivity contribution in [2.24, 2.45) is 0 Å². The second kappa shape index (κ2) is 9.79. The van der Waals surface area contributed by atoms with Gasteiger partial charge in [-0.1, -0.05) is 24.2 Å². The Bertz CT molecular complexity index is 1360. The minimum atomic E-state index is -0.793. The Morgan fingerprint density at radius 3 is 2.79 bits per heavy atom. The Morgan fingerprint density at radius 2 is 2.09 bits per heavy atom. The van der Waals surface area contributed by atoms with E-state index in [-0.39, 0.29) is 18.6 Å². The topological polar surface area (TPSA) is 114 Å². The SMILES string of the molecule is CCC(CCC(=O)O)n1ccc2c(-c3noc(-c4ccc(OC(C)C)c(C#N)c4)n3)cccc21. The van der Waals surface area contributed by atoms with Crippen LogP contribution in [0.2, 0.25) is 0 Å². The van der Waals surface area contributed by atoms with Gasteiger partial charge in [0.15, 0.2) is 0 Å². The number of benzene rings is 2. The lowest BCUT2D eigenvalue weighted by Gasteiger charge is -2.17. The Hall–Kier alpha value is -4.12. The lowest BCUT2D eigenvalue weighted by Crippen LogP contribution is -2.09. The summed E-state index contributed by atoms with van der Waals surface area (Å²) in [6.07, 6.45) is 3.45. The molecule has 8 heteroatoms. The quantitative estimate of drug-likeness (QED) is 0.335. The Morgan fingerprint density at radius 1 is 1.26 bits per heavy atom. The molecule has 0 aliphatic heterocycles. The van der Waals surface area contributed by atoms with Gasteiger partial charge in [0.2, 0.25) is 5.82 Å². The van der Waals surface area contributed by atoms with Gasteiger partial charge in [-0.3, -0.25) is 4.79 Å². The number of nitrogens with zero attached hydrogens (tertiary/aromatic N) is 4. The predicted molar refractivity (Wildman–Crippen MR) is 127 cm³/mol. The maximum atomic E-state index is 11.1. The minimum Gasteiger partial charge on any atom is -0.490 e. The lowest BCUT2D eigenvalue weighted by atomic mass is 10.1. The molecule has 2 aromatic carbocycles. The minimum absolute atomic E-state index is 0.0443. The fraction of sp³-hybridized carbons (Fsp3) is 0.308. The van der Waals surface area contributed by atoms with Crippen molar-refractivity contribution in [2.45, 2.75) is 52.2 Å². The molecule has 1 atom stereocenters. The number of rotatable bonds is 9. The molecule has 4 aromatic rings. The number of aliphatic carboxylic acids is 1. The lowest BCUT2D eigenvalue weighted by molar-refractivity contribution is -0.137. The molecule has 0 amide bonds. The van der Waals surface area contributed by atoms with Gasteiger partial charge in [-0.2, -0.15) is 10.2 Å². The van der Waals surface area contributed by atoms with Crippen LogP contribution in [-0.2, 0) is 4.79 Å². The molecular weight excluding hydrogens is 432 g/mol. The van der Waals surface area contributed by atoms with E-state index in [1.165, 1.54) is 0 Å². The largest absolute Gasteiger partial charge is 0.490 e. The van der Waals surface area contributed by atoms with Gasteiger partial charge in [-0.05, 0) is 57.0 Å². The van der Waals surface area contributed by atoms with Crippen LogP contribution < -0.4 is 4.74 Å². The average molecular weight is 459 g/mol. The zero-order valence-electron chi connectivity index (χ0n) is 19.4. The summed E-state index contributed by atoms with van der Waals surface area (Å²) in [4.78, 5) is 15.6. The van der Waals surface area contributed by atoms with Gasteiger partial charge in [-0.15, -0.1) is 0 Å². The van der Waals surface area contributed by atoms with Gasteiger partial charge in [0.05, 0.1) is 11.7 Å². The molecule has 0 fully saturated rings. The van der Waals surface area contributed by atoms with E-state index in [0.717, 1.165) is 22.9 Å². The molecule has 0 aliphatic carbocycles. The van der Waals surface area contributed by atoms with E-state index in [1.807, 2.05) is 44.3 Å². The van der Waals surface area contributed by atoms with Crippen molar-refractivity contribution in [1.82, 2.24) is 14.7 Å². The number of nitriles is 1. The van der Waals surface area contributed by atoms with Crippen molar-refractivity contribution >= 4 is 16.9 Å². The number of carboxylic acid groups (broad SMARTS) is 1. The van der Waals surface area contributed by atoms with E-state index in [4.69, 9.17) is 14.4 Å². The molecule has 1 unspecified atom stereocenters. The smallest absolute Gasteiger partial charge is 0.303 e. The summed E-state index contributed by atoms with van der Waals surface area (Å²) in [6.45, 7) is 5.87. The highest BCUT2D eigenvalue weighted by molar-refractivity contribution is 5.94. The Labute approximate surface area is 197 Å². The summed E-state index contributed by atoms with van der Waals surface area (Å²) >= 11 is 0. The number of fused-ring (bicyclic) bond motifs is 1. The normalized spacial score (nSPS) is 12.1. The molecule has 0 saturated carbocycles. The van der Waals surface area contributed by atoms with Crippen LogP contribution >= 0.6 is 0 Å². The van der Waals surface area contributed by atoms with E-state index in [9.17, 15) is 10.1 Å². The van der Waals surface area contributed by atoms with Crippen molar-refractivity contribution in [3.63, 3.8) is 0 Å². The number of hydrogen-bond donors (Lipinski definition) is 1. The fourth-order valence-electron chi connectivity index (χ4n) is 4.09. The van der Waals surface area contributed by atoms with Crippen LogP contribution in [0.5, 0.6) is 5.75 Å². The molecule has 0 radical (unpaired) electrons. The van der Waals surface area contributed by atoms with E-state index in [2.05, 4.69) is 27.7 Å². The number of hydrogen-bond acceptors (Lipinski definition) is 6. The van der Waals surface area contributed by atoms with Gasteiger partial charge >= 0.3 is 5.97 Å². The van der Waals surface area contributed by atoms with Gasteiger partial charge in [0, 0.05) is 40.7 Å². The summed E-state index contributed by atoms with van der Waals surface area (Å²) in [7, 11) is 0. The molecule has 0 saturated heterocycles. The van der Waals surface area contributed by atoms with Crippen LogP contribution in [-0.4, -0.2) is 31.9 Å². The van der Waals surface area contributed by atoms with E-state index in [1.54, 1.807) is 18.2 Å². The third-order valence-electron chi connectivity index (χ3n) is 5.70. The maximum absolute atomic E-state index is 11.1. The third-order valence-corrected chi connectivity index (χ3v) is 5.70. The highest BCUT2D eigenvalue weighted by Gasteiger charge is 2.18. The summed E-state index contributed by atoms with van der Waals surface area (Å²) in [5, 5.41) is 23.7. The number of carboxylic acids is 1. The van der Waals surface area contributed by atoms with E-state index in [0.29, 0.717) is 35.0 Å². The van der Waals surface area contributed by atoms with Crippen LogP contribution in [0.4, 0.5) is 0 Å². The molecule has 4 rings (SSSR count). The first kappa shape index (κ1) is 23.1. The molecule has 8 nitrogen and oxygen atoms in total. The number of aromatic nitrogens is 3. The zero-order chi connectivity index (χ0) is 24.2. The standard InChI is InChI=1S/C26H26N4O4/c1-4-19(9-11-24(31)32)30-13-12-20-21(6-5-7-22(20)30)25-28-26(34-29-25)17-8-10-23(33-16(2)3)18(14-17)15-27/h5-8,10,12-14,16,19H,4,9,11H2,1-3H3,(H,31,32). The second-order valence-electron chi connectivity index (χ2n) is 8.37. The first-order valence-electron chi connectivity index (χ1n) is 11.3. The van der Waals surface area contributed by atoms with Crippen LogP contribution in [0.1, 0.15) is 51.6 Å². The third kappa shape index (κ3) is 4.64. The molecule has 34 heavy (non-hydrogen) atoms. The van der Waals surface area contributed by atoms with Crippen LogP contribution in [0.3, 0.4) is 0 Å². The van der Waals surface area contributed by atoms with Crippen molar-refractivity contribution in [1.29, 1.82) is 5.26 Å². The molecule has 0 bridgehead atoms. The number of carbonyl (C=O) groups is 1.